The number of rotatable bonds is 13. The van der Waals surface area contributed by atoms with Crippen LogP contribution in [0.2, 0.25) is 0 Å². The number of phenols is 1. The first-order valence-corrected chi connectivity index (χ1v) is 27.9. The number of allylic oxidation sites excluding steroid dienone is 3. The van der Waals surface area contributed by atoms with Gasteiger partial charge in [0.25, 0.3) is 5.91 Å². The Kier molecular flexibility index (Phi) is 18.6. The lowest BCUT2D eigenvalue weighted by molar-refractivity contribution is -0.158. The lowest BCUT2D eigenvalue weighted by atomic mass is 9.77. The number of aromatic nitrogens is 1. The molecule has 0 radical (unpaired) electrons. The number of nitrogens with one attached hydrogen (secondary N) is 1. The molecule has 82 heavy (non-hydrogen) atoms. The first kappa shape index (κ1) is 60.4. The number of ketones is 1. The van der Waals surface area contributed by atoms with Crippen LogP contribution in [-0.4, -0.2) is 129 Å². The van der Waals surface area contributed by atoms with Crippen molar-refractivity contribution in [3.8, 4) is 28.7 Å². The molecule has 9 rings (SSSR count). The number of nitrogens with zero attached hydrogens (tertiary/aromatic N) is 3. The molecule has 2 aliphatic carbocycles. The SMILES string of the molecule is CC(=O)O[C@H]1[C@H](C)[C@H](O)[C@H](C)[C@@H](O)[C@@H](C)/C=C/C=C(/C)C(=O)NC2=c3oc4cc(N5CCN(CCC(=O)c6ccc(OCCCC(C=O)C=O)cc6)CC5)cc(=O)c-4nc3=c3c(c(O)c(C)c4c3=C(O)[C@@](C)(O/C=C/[C@H](C)[C@H]1C)O4)C2O. The molecule has 10 atom stereocenters. The number of benzene rings is 3. The van der Waals surface area contributed by atoms with E-state index in [4.69, 9.17) is 28.3 Å². The van der Waals surface area contributed by atoms with Crippen molar-refractivity contribution >= 4 is 47.4 Å². The molecular formula is C62H74N4O16. The molecule has 1 amide bonds. The van der Waals surface area contributed by atoms with Gasteiger partial charge in [0.05, 0.1) is 41.9 Å². The van der Waals surface area contributed by atoms with E-state index in [1.807, 2.05) is 18.7 Å². The van der Waals surface area contributed by atoms with Crippen molar-refractivity contribution in [2.24, 2.45) is 35.5 Å². The number of fused-ring (bicyclic) bond motifs is 14. The summed E-state index contributed by atoms with van der Waals surface area (Å²) >= 11 is 0. The lowest BCUT2D eigenvalue weighted by Crippen LogP contribution is -2.47. The minimum atomic E-state index is -1.94. The van der Waals surface area contributed by atoms with Crippen LogP contribution in [0, 0.1) is 53.0 Å². The molecule has 0 spiro atoms. The second kappa shape index (κ2) is 25.2. The number of amides is 1. The third kappa shape index (κ3) is 12.4. The number of piperazine rings is 1. The number of aliphatic hydroxyl groups is 4. The quantitative estimate of drug-likeness (QED) is 0.0340. The monoisotopic (exact) mass is 1130 g/mol. The first-order valence-electron chi connectivity index (χ1n) is 27.9. The highest BCUT2D eigenvalue weighted by Crippen LogP contribution is 2.42. The van der Waals surface area contributed by atoms with E-state index in [1.54, 1.807) is 69.3 Å². The highest BCUT2D eigenvalue weighted by Gasteiger charge is 2.45. The second-order valence-corrected chi connectivity index (χ2v) is 22.3. The number of carbonyl (C=O) groups excluding carboxylic acids is 5. The Morgan fingerprint density at radius 3 is 2.27 bits per heavy atom. The van der Waals surface area contributed by atoms with Crippen molar-refractivity contribution in [1.82, 2.24) is 15.2 Å². The summed E-state index contributed by atoms with van der Waals surface area (Å²) in [5.41, 5.74) is 0.102. The molecule has 1 fully saturated rings. The summed E-state index contributed by atoms with van der Waals surface area (Å²) in [6.07, 6.45) is 5.43. The van der Waals surface area contributed by atoms with Crippen LogP contribution in [0.4, 0.5) is 5.69 Å². The van der Waals surface area contributed by atoms with Crippen LogP contribution in [0.25, 0.3) is 22.9 Å². The number of aromatic hydroxyl groups is 1. The van der Waals surface area contributed by atoms with Crippen LogP contribution in [-0.2, 0) is 28.7 Å². The van der Waals surface area contributed by atoms with Gasteiger partial charge >= 0.3 is 11.8 Å². The van der Waals surface area contributed by atoms with E-state index >= 15 is 0 Å². The minimum Gasteiger partial charge on any atom is -0.507 e. The fraction of sp³-hybridized carbons (Fsp3) is 0.468. The van der Waals surface area contributed by atoms with Gasteiger partial charge in [-0.1, -0.05) is 52.8 Å². The van der Waals surface area contributed by atoms with Crippen molar-refractivity contribution in [2.75, 3.05) is 44.2 Å². The second-order valence-electron chi connectivity index (χ2n) is 22.3. The molecule has 5 heterocycles. The van der Waals surface area contributed by atoms with Gasteiger partial charge in [-0.3, -0.25) is 24.1 Å². The Morgan fingerprint density at radius 1 is 0.902 bits per heavy atom. The molecule has 2 aromatic rings. The Bertz CT molecular complexity index is 3450. The number of aliphatic hydroxyl groups excluding tert-OH is 4. The molecule has 6 N–H and O–H groups in total. The van der Waals surface area contributed by atoms with E-state index in [1.165, 1.54) is 46.1 Å². The summed E-state index contributed by atoms with van der Waals surface area (Å²) < 4.78 is 30.7. The van der Waals surface area contributed by atoms with E-state index in [2.05, 4.69) is 10.2 Å². The predicted molar refractivity (Wildman–Crippen MR) is 302 cm³/mol. The van der Waals surface area contributed by atoms with Crippen molar-refractivity contribution in [3.63, 3.8) is 0 Å². The van der Waals surface area contributed by atoms with Gasteiger partial charge in [0.1, 0.15) is 47.4 Å². The minimum absolute atomic E-state index is 0.0113. The number of hydrogen-bond acceptors (Lipinski definition) is 19. The zero-order valence-corrected chi connectivity index (χ0v) is 47.7. The molecule has 0 aromatic heterocycles. The molecule has 1 unspecified atom stereocenters. The van der Waals surface area contributed by atoms with Gasteiger partial charge in [0, 0.05) is 116 Å². The van der Waals surface area contributed by atoms with E-state index in [9.17, 15) is 54.3 Å². The van der Waals surface area contributed by atoms with E-state index in [0.29, 0.717) is 81.7 Å². The smallest absolute Gasteiger partial charge is 0.307 e. The maximum Gasteiger partial charge on any atom is 0.307 e. The molecule has 20 nitrogen and oxygen atoms in total. The van der Waals surface area contributed by atoms with E-state index in [-0.39, 0.29) is 78.9 Å². The Labute approximate surface area is 474 Å². The Balaban J connectivity index is 1.14. The molecule has 0 saturated carbocycles. The first-order chi connectivity index (χ1) is 39.0. The van der Waals surface area contributed by atoms with Crippen molar-refractivity contribution in [2.45, 2.75) is 112 Å². The van der Waals surface area contributed by atoms with Gasteiger partial charge in [-0.25, -0.2) is 4.98 Å². The molecule has 7 aliphatic rings. The summed E-state index contributed by atoms with van der Waals surface area (Å²) in [4.78, 5) is 85.0. The molecule has 2 aromatic carbocycles. The molecule has 5 aliphatic heterocycles. The van der Waals surface area contributed by atoms with Crippen LogP contribution >= 0.6 is 0 Å². The van der Waals surface area contributed by atoms with Crippen molar-refractivity contribution in [3.05, 3.63) is 121 Å². The number of aldehydes is 2. The summed E-state index contributed by atoms with van der Waals surface area (Å²) in [7, 11) is 0. The number of ether oxygens (including phenoxy) is 4. The average molecular weight is 1130 g/mol. The van der Waals surface area contributed by atoms with Crippen molar-refractivity contribution < 1.29 is 72.9 Å². The third-order valence-corrected chi connectivity index (χ3v) is 16.6. The van der Waals surface area contributed by atoms with Crippen LogP contribution in [0.5, 0.6) is 17.2 Å². The Hall–Kier alpha value is -7.65. The summed E-state index contributed by atoms with van der Waals surface area (Å²) in [5, 5.41) is 62.5. The maximum absolute atomic E-state index is 14.3. The van der Waals surface area contributed by atoms with Gasteiger partial charge in [-0.05, 0) is 68.9 Å². The summed E-state index contributed by atoms with van der Waals surface area (Å²) in [6.45, 7) is 17.7. The van der Waals surface area contributed by atoms with Gasteiger partial charge in [0.2, 0.25) is 5.43 Å². The summed E-state index contributed by atoms with van der Waals surface area (Å²) in [6, 6.07) is 9.92. The third-order valence-electron chi connectivity index (χ3n) is 16.6. The van der Waals surface area contributed by atoms with Crippen molar-refractivity contribution in [1.29, 1.82) is 0 Å². The zero-order chi connectivity index (χ0) is 59.5. The largest absolute Gasteiger partial charge is 0.507 e. The van der Waals surface area contributed by atoms with Crippen LogP contribution < -0.4 is 35.8 Å². The standard InChI is InChI=1S/C62H74N4O16/c1-32-20-27-79-62(9)60(76)49-47-48(55(74)38(7)58(49)82-62)56(75)52(64-61(77)34(3)13-10-12-33(2)53(72)36(5)54(73)37(6)57(35(32)4)80-39(8)69)59-51(47)63-50-45(71)28-42(29-46(50)81-59)66-24-22-65(23-25-66)21-19-44(70)41-15-17-43(18-16-41)78-26-11-14-40(30-67)31-68/h10,12-13,15-18,20,27-33,35-37,40,53-54,56-57,72-76H,11,14,19,21-26H2,1-9H3,(H,64,77)/b12-10+,27-20+,34-13-/t32-,33-,35+,36+,37+,53-,54+,56?,57+,62-/m0/s1. The normalized spacial score (nSPS) is 27.6. The molecule has 1 saturated heterocycles. The number of phenolic OH excluding ortho intramolecular Hbond substituents is 1. The molecular weight excluding hydrogens is 1060 g/mol. The number of anilines is 1. The lowest BCUT2D eigenvalue weighted by Gasteiger charge is -2.37. The van der Waals surface area contributed by atoms with E-state index in [0.717, 1.165) is 0 Å². The van der Waals surface area contributed by atoms with Crippen LogP contribution in [0.1, 0.15) is 102 Å². The topological polar surface area (TPSA) is 285 Å². The fourth-order valence-corrected chi connectivity index (χ4v) is 11.1. The number of carbonyl (C=O) groups is 5. The predicted octanol–water partition coefficient (Wildman–Crippen LogP) is 4.94. The number of Topliss-reactive ketones (excluding diaryl/α,β-unsaturated/α-hetero) is 1. The van der Waals surface area contributed by atoms with Gasteiger partial charge in [0.15, 0.2) is 28.4 Å². The highest BCUT2D eigenvalue weighted by atomic mass is 16.7. The Morgan fingerprint density at radius 2 is 1.60 bits per heavy atom. The number of hydrogen-bond donors (Lipinski definition) is 6. The maximum atomic E-state index is 14.3. The molecule has 20 heteroatoms. The van der Waals surface area contributed by atoms with Gasteiger partial charge in [-0.15, -0.1) is 0 Å². The van der Waals surface area contributed by atoms with Crippen LogP contribution in [0.3, 0.4) is 0 Å². The van der Waals surface area contributed by atoms with Gasteiger partial charge in [-0.2, -0.15) is 0 Å². The van der Waals surface area contributed by atoms with E-state index < -0.39 is 88.6 Å². The average Bonchev–Trinajstić information content (AvgIpc) is 3.20. The molecule has 438 valence electrons. The molecule has 5 bridgehead atoms. The summed E-state index contributed by atoms with van der Waals surface area (Å²) in [5.74, 6) is -6.87. The van der Waals surface area contributed by atoms with Crippen LogP contribution in [0.15, 0.2) is 81.7 Å². The highest BCUT2D eigenvalue weighted by molar-refractivity contribution is 5.97. The number of esters is 1. The fourth-order valence-electron chi connectivity index (χ4n) is 11.1. The zero-order valence-electron chi connectivity index (χ0n) is 47.7. The van der Waals surface area contributed by atoms with Gasteiger partial charge < -0.3 is 68.7 Å².